The summed E-state index contributed by atoms with van der Waals surface area (Å²) in [5.41, 5.74) is 6.41. The van der Waals surface area contributed by atoms with E-state index in [9.17, 15) is 0 Å². The number of hydrogen-bond donors (Lipinski definition) is 2. The smallest absolute Gasteiger partial charge is 0.142 e. The number of nitrogens with two attached hydrogens (primary N) is 1. The molecular weight excluding hydrogens is 204 g/mol. The molecule has 0 fully saturated rings. The van der Waals surface area contributed by atoms with E-state index in [2.05, 4.69) is 4.90 Å². The molecule has 90 valence electrons. The van der Waals surface area contributed by atoms with Crippen LogP contribution in [0.1, 0.15) is 6.42 Å². The third-order valence-corrected chi connectivity index (χ3v) is 2.34. The van der Waals surface area contributed by atoms with Gasteiger partial charge < -0.3 is 20.5 Å². The van der Waals surface area contributed by atoms with Crippen LogP contribution in [0.15, 0.2) is 24.3 Å². The van der Waals surface area contributed by atoms with Crippen LogP contribution < -0.4 is 10.5 Å². The van der Waals surface area contributed by atoms with Crippen LogP contribution in [0.5, 0.6) is 5.75 Å². The second-order valence-corrected chi connectivity index (χ2v) is 3.77. The van der Waals surface area contributed by atoms with Crippen molar-refractivity contribution in [3.05, 3.63) is 24.3 Å². The zero-order valence-corrected chi connectivity index (χ0v) is 9.72. The lowest BCUT2D eigenvalue weighted by Gasteiger charge is -2.15. The first-order chi connectivity index (χ1) is 7.74. The number of hydrogen-bond acceptors (Lipinski definition) is 4. The van der Waals surface area contributed by atoms with Crippen molar-refractivity contribution in [1.82, 2.24) is 4.90 Å². The SMILES string of the molecule is CN(CCO)CCCOc1ccccc1N. The highest BCUT2D eigenvalue weighted by Crippen LogP contribution is 2.19. The normalized spacial score (nSPS) is 10.7. The van der Waals surface area contributed by atoms with Crippen LogP contribution in [0.25, 0.3) is 0 Å². The zero-order chi connectivity index (χ0) is 11.8. The van der Waals surface area contributed by atoms with E-state index in [1.54, 1.807) is 0 Å². The lowest BCUT2D eigenvalue weighted by molar-refractivity contribution is 0.208. The second-order valence-electron chi connectivity index (χ2n) is 3.77. The van der Waals surface area contributed by atoms with E-state index in [4.69, 9.17) is 15.6 Å². The molecule has 0 heterocycles. The fraction of sp³-hybridized carbons (Fsp3) is 0.500. The van der Waals surface area contributed by atoms with Gasteiger partial charge in [0.2, 0.25) is 0 Å². The van der Waals surface area contributed by atoms with Crippen LogP contribution in [-0.2, 0) is 0 Å². The largest absolute Gasteiger partial charge is 0.491 e. The number of nitrogens with zero attached hydrogens (tertiary/aromatic N) is 1. The molecule has 0 radical (unpaired) electrons. The van der Waals surface area contributed by atoms with Crippen LogP contribution in [-0.4, -0.2) is 43.4 Å². The van der Waals surface area contributed by atoms with Crippen LogP contribution in [0.4, 0.5) is 5.69 Å². The minimum Gasteiger partial charge on any atom is -0.491 e. The average molecular weight is 224 g/mol. The van der Waals surface area contributed by atoms with Gasteiger partial charge in [-0.25, -0.2) is 0 Å². The van der Waals surface area contributed by atoms with Crippen LogP contribution in [0.3, 0.4) is 0 Å². The highest BCUT2D eigenvalue weighted by atomic mass is 16.5. The zero-order valence-electron chi connectivity index (χ0n) is 9.72. The quantitative estimate of drug-likeness (QED) is 0.535. The van der Waals surface area contributed by atoms with Gasteiger partial charge in [0.15, 0.2) is 0 Å². The molecule has 0 aliphatic heterocycles. The number of aliphatic hydroxyl groups is 1. The Labute approximate surface area is 96.6 Å². The number of likely N-dealkylation sites (N-methyl/N-ethyl adjacent to an activating group) is 1. The number of ether oxygens (including phenoxy) is 1. The molecule has 0 amide bonds. The molecule has 4 nitrogen and oxygen atoms in total. The van der Waals surface area contributed by atoms with Crippen molar-refractivity contribution in [2.75, 3.05) is 39.1 Å². The van der Waals surface area contributed by atoms with Crippen molar-refractivity contribution in [2.45, 2.75) is 6.42 Å². The molecule has 1 rings (SSSR count). The Hall–Kier alpha value is -1.26. The maximum atomic E-state index is 8.72. The predicted octanol–water partition coefficient (Wildman–Crippen LogP) is 0.962. The molecule has 16 heavy (non-hydrogen) atoms. The number of para-hydroxylation sites is 2. The van der Waals surface area contributed by atoms with Gasteiger partial charge in [0.25, 0.3) is 0 Å². The number of anilines is 1. The Kier molecular flexibility index (Phi) is 5.67. The molecule has 1 aromatic carbocycles. The molecule has 0 spiro atoms. The number of nitrogen functional groups attached to an aromatic ring is 1. The van der Waals surface area contributed by atoms with Gasteiger partial charge >= 0.3 is 0 Å². The van der Waals surface area contributed by atoms with E-state index >= 15 is 0 Å². The van der Waals surface area contributed by atoms with Crippen molar-refractivity contribution in [2.24, 2.45) is 0 Å². The fourth-order valence-corrected chi connectivity index (χ4v) is 1.41. The number of rotatable bonds is 7. The van der Waals surface area contributed by atoms with E-state index in [0.717, 1.165) is 18.7 Å². The summed E-state index contributed by atoms with van der Waals surface area (Å²) in [4.78, 5) is 2.07. The molecule has 0 saturated carbocycles. The highest BCUT2D eigenvalue weighted by Gasteiger charge is 1.99. The maximum absolute atomic E-state index is 8.72. The Morgan fingerprint density at radius 3 is 2.75 bits per heavy atom. The van der Waals surface area contributed by atoms with Crippen LogP contribution in [0.2, 0.25) is 0 Å². The third kappa shape index (κ3) is 4.51. The van der Waals surface area contributed by atoms with Gasteiger partial charge in [-0.1, -0.05) is 12.1 Å². The van der Waals surface area contributed by atoms with Crippen LogP contribution in [0, 0.1) is 0 Å². The molecule has 0 aromatic heterocycles. The highest BCUT2D eigenvalue weighted by molar-refractivity contribution is 5.51. The molecule has 4 heteroatoms. The fourth-order valence-electron chi connectivity index (χ4n) is 1.41. The maximum Gasteiger partial charge on any atom is 0.142 e. The van der Waals surface area contributed by atoms with E-state index in [1.165, 1.54) is 0 Å². The van der Waals surface area contributed by atoms with Crippen LogP contribution >= 0.6 is 0 Å². The van der Waals surface area contributed by atoms with Crippen molar-refractivity contribution >= 4 is 5.69 Å². The van der Waals surface area contributed by atoms with Crippen molar-refractivity contribution < 1.29 is 9.84 Å². The predicted molar refractivity (Wildman–Crippen MR) is 65.5 cm³/mol. The first kappa shape index (κ1) is 12.8. The first-order valence-electron chi connectivity index (χ1n) is 5.50. The van der Waals surface area contributed by atoms with Gasteiger partial charge in [0.05, 0.1) is 18.9 Å². The molecule has 0 aliphatic rings. The monoisotopic (exact) mass is 224 g/mol. The number of benzene rings is 1. The summed E-state index contributed by atoms with van der Waals surface area (Å²) in [6, 6.07) is 7.49. The lowest BCUT2D eigenvalue weighted by atomic mass is 10.3. The van der Waals surface area contributed by atoms with Crippen molar-refractivity contribution in [3.63, 3.8) is 0 Å². The Bertz CT molecular complexity index is 305. The number of aliphatic hydroxyl groups excluding tert-OH is 1. The van der Waals surface area contributed by atoms with E-state index < -0.39 is 0 Å². The standard InChI is InChI=1S/C12H20N2O2/c1-14(8-9-15)7-4-10-16-12-6-3-2-5-11(12)13/h2-3,5-6,15H,4,7-10,13H2,1H3. The van der Waals surface area contributed by atoms with Gasteiger partial charge in [-0.05, 0) is 25.6 Å². The second kappa shape index (κ2) is 7.09. The summed E-state index contributed by atoms with van der Waals surface area (Å²) in [5.74, 6) is 0.743. The van der Waals surface area contributed by atoms with E-state index in [1.807, 2.05) is 31.3 Å². The molecule has 0 unspecified atom stereocenters. The lowest BCUT2D eigenvalue weighted by Crippen LogP contribution is -2.24. The molecule has 0 aliphatic carbocycles. The Morgan fingerprint density at radius 2 is 2.06 bits per heavy atom. The molecular formula is C12H20N2O2. The summed E-state index contributed by atoms with van der Waals surface area (Å²) < 4.78 is 5.55. The minimum atomic E-state index is 0.197. The summed E-state index contributed by atoms with van der Waals surface area (Å²) in [6.45, 7) is 2.45. The summed E-state index contributed by atoms with van der Waals surface area (Å²) in [5, 5.41) is 8.72. The topological polar surface area (TPSA) is 58.7 Å². The molecule has 0 atom stereocenters. The minimum absolute atomic E-state index is 0.197. The van der Waals surface area contributed by atoms with Gasteiger partial charge in [-0.3, -0.25) is 0 Å². The summed E-state index contributed by atoms with van der Waals surface area (Å²) >= 11 is 0. The Morgan fingerprint density at radius 1 is 1.31 bits per heavy atom. The molecule has 3 N–H and O–H groups in total. The first-order valence-corrected chi connectivity index (χ1v) is 5.50. The Balaban J connectivity index is 2.19. The van der Waals surface area contributed by atoms with Gasteiger partial charge in [0, 0.05) is 13.1 Å². The summed E-state index contributed by atoms with van der Waals surface area (Å²) in [7, 11) is 1.98. The van der Waals surface area contributed by atoms with Crippen molar-refractivity contribution in [3.8, 4) is 5.75 Å². The summed E-state index contributed by atoms with van der Waals surface area (Å²) in [6.07, 6.45) is 0.921. The van der Waals surface area contributed by atoms with E-state index in [-0.39, 0.29) is 6.61 Å². The van der Waals surface area contributed by atoms with Gasteiger partial charge in [-0.2, -0.15) is 0 Å². The van der Waals surface area contributed by atoms with E-state index in [0.29, 0.717) is 18.8 Å². The van der Waals surface area contributed by atoms with Gasteiger partial charge in [-0.15, -0.1) is 0 Å². The third-order valence-electron chi connectivity index (χ3n) is 2.34. The molecule has 0 saturated heterocycles. The van der Waals surface area contributed by atoms with Crippen molar-refractivity contribution in [1.29, 1.82) is 0 Å². The van der Waals surface area contributed by atoms with Gasteiger partial charge in [0.1, 0.15) is 5.75 Å². The molecule has 1 aromatic rings. The average Bonchev–Trinajstić information content (AvgIpc) is 2.27. The molecule has 0 bridgehead atoms.